The molecule has 0 aromatic rings. The normalized spacial score (nSPS) is 29.4. The minimum absolute atomic E-state index is 0.455. The van der Waals surface area contributed by atoms with Gasteiger partial charge in [0.05, 0.1) is 18.8 Å². The smallest absolute Gasteiger partial charge is 0.0978 e. The highest BCUT2D eigenvalue weighted by Gasteiger charge is 2.28. The Bertz CT molecular complexity index is 146. The average Bonchev–Trinajstić information content (AvgIpc) is 2.30. The fourth-order valence-corrected chi connectivity index (χ4v) is 1.48. The second kappa shape index (κ2) is 6.38. The molecule has 0 radical (unpaired) electrons. The lowest BCUT2D eigenvalue weighted by atomic mass is 10.1. The molecule has 1 fully saturated rings. The Morgan fingerprint density at radius 1 is 1.36 bits per heavy atom. The summed E-state index contributed by atoms with van der Waals surface area (Å²) in [6, 6.07) is 0.484. The van der Waals surface area contributed by atoms with Crippen LogP contribution in [-0.4, -0.2) is 48.0 Å². The van der Waals surface area contributed by atoms with Crippen LogP contribution in [0.4, 0.5) is 0 Å². The van der Waals surface area contributed by atoms with Gasteiger partial charge in [-0.1, -0.05) is 13.8 Å². The summed E-state index contributed by atoms with van der Waals surface area (Å²) < 4.78 is 5.30. The summed E-state index contributed by atoms with van der Waals surface area (Å²) in [6.07, 6.45) is 0. The van der Waals surface area contributed by atoms with Gasteiger partial charge in [0.2, 0.25) is 0 Å². The number of hydrogen-bond acceptors (Lipinski definition) is 3. The molecule has 0 bridgehead atoms. The van der Waals surface area contributed by atoms with Crippen molar-refractivity contribution in [3.05, 3.63) is 0 Å². The first-order chi connectivity index (χ1) is 6.51. The van der Waals surface area contributed by atoms with Gasteiger partial charge >= 0.3 is 0 Å². The molecule has 1 atom stereocenters. The van der Waals surface area contributed by atoms with Crippen molar-refractivity contribution in [1.82, 2.24) is 4.90 Å². The zero-order valence-corrected chi connectivity index (χ0v) is 10.2. The summed E-state index contributed by atoms with van der Waals surface area (Å²) >= 11 is 0. The third-order valence-corrected chi connectivity index (χ3v) is 2.21. The molecule has 0 saturated carbocycles. The standard InChI is InChI=1S/C9H19NO2.C2H6/c1-8(2)10-4-5-12-7-9(3,11)6-10;1-2/h8,11H,4-7H2,1-3H3;1-2H3. The van der Waals surface area contributed by atoms with Crippen molar-refractivity contribution in [1.29, 1.82) is 0 Å². The summed E-state index contributed by atoms with van der Waals surface area (Å²) in [5, 5.41) is 9.81. The second-order valence-corrected chi connectivity index (χ2v) is 4.11. The van der Waals surface area contributed by atoms with E-state index >= 15 is 0 Å². The zero-order valence-electron chi connectivity index (χ0n) is 10.2. The molecule has 0 aromatic heterocycles. The number of nitrogens with zero attached hydrogens (tertiary/aromatic N) is 1. The summed E-state index contributed by atoms with van der Waals surface area (Å²) in [7, 11) is 0. The predicted molar refractivity (Wildman–Crippen MR) is 59.5 cm³/mol. The van der Waals surface area contributed by atoms with E-state index in [-0.39, 0.29) is 0 Å². The fraction of sp³-hybridized carbons (Fsp3) is 1.00. The van der Waals surface area contributed by atoms with Crippen LogP contribution in [0.2, 0.25) is 0 Å². The molecule has 1 aliphatic heterocycles. The van der Waals surface area contributed by atoms with E-state index in [4.69, 9.17) is 4.74 Å². The minimum Gasteiger partial charge on any atom is -0.386 e. The average molecular weight is 203 g/mol. The highest BCUT2D eigenvalue weighted by Crippen LogP contribution is 2.13. The Morgan fingerprint density at radius 2 is 1.93 bits per heavy atom. The molecule has 1 heterocycles. The molecule has 1 unspecified atom stereocenters. The lowest BCUT2D eigenvalue weighted by Gasteiger charge is -2.29. The lowest BCUT2D eigenvalue weighted by molar-refractivity contribution is -0.0242. The van der Waals surface area contributed by atoms with E-state index in [0.717, 1.165) is 13.2 Å². The summed E-state index contributed by atoms with van der Waals surface area (Å²) in [5.41, 5.74) is -0.680. The first-order valence-electron chi connectivity index (χ1n) is 5.55. The van der Waals surface area contributed by atoms with Crippen LogP contribution in [0.1, 0.15) is 34.6 Å². The highest BCUT2D eigenvalue weighted by molar-refractivity contribution is 4.81. The Kier molecular flexibility index (Phi) is 6.33. The van der Waals surface area contributed by atoms with Crippen LogP contribution >= 0.6 is 0 Å². The first kappa shape index (κ1) is 13.9. The molecule has 0 aliphatic carbocycles. The maximum atomic E-state index is 9.81. The van der Waals surface area contributed by atoms with Gasteiger partial charge < -0.3 is 9.84 Å². The Hall–Kier alpha value is -0.120. The molecule has 1 rings (SSSR count). The van der Waals surface area contributed by atoms with E-state index in [1.807, 2.05) is 20.8 Å². The van der Waals surface area contributed by atoms with Gasteiger partial charge in [-0.3, -0.25) is 4.90 Å². The van der Waals surface area contributed by atoms with Crippen LogP contribution in [0.15, 0.2) is 0 Å². The van der Waals surface area contributed by atoms with Crippen LogP contribution in [-0.2, 0) is 4.74 Å². The molecule has 14 heavy (non-hydrogen) atoms. The molecule has 3 nitrogen and oxygen atoms in total. The summed E-state index contributed by atoms with van der Waals surface area (Å²) in [4.78, 5) is 2.24. The topological polar surface area (TPSA) is 32.7 Å². The van der Waals surface area contributed by atoms with Gasteiger partial charge in [0, 0.05) is 19.1 Å². The van der Waals surface area contributed by atoms with E-state index in [0.29, 0.717) is 19.2 Å². The Morgan fingerprint density at radius 3 is 2.43 bits per heavy atom. The predicted octanol–water partition coefficient (Wildman–Crippen LogP) is 1.50. The lowest BCUT2D eigenvalue weighted by Crippen LogP contribution is -2.44. The van der Waals surface area contributed by atoms with Crippen molar-refractivity contribution in [2.45, 2.75) is 46.3 Å². The van der Waals surface area contributed by atoms with Gasteiger partial charge in [-0.15, -0.1) is 0 Å². The quantitative estimate of drug-likeness (QED) is 0.701. The molecule has 1 aliphatic rings. The number of rotatable bonds is 1. The third-order valence-electron chi connectivity index (χ3n) is 2.21. The molecular weight excluding hydrogens is 178 g/mol. The van der Waals surface area contributed by atoms with E-state index in [1.54, 1.807) is 0 Å². The Balaban J connectivity index is 0.000000791. The van der Waals surface area contributed by atoms with Gasteiger partial charge in [0.15, 0.2) is 0 Å². The van der Waals surface area contributed by atoms with Crippen LogP contribution in [0, 0.1) is 0 Å². The van der Waals surface area contributed by atoms with E-state index in [1.165, 1.54) is 0 Å². The van der Waals surface area contributed by atoms with Crippen molar-refractivity contribution in [3.8, 4) is 0 Å². The minimum atomic E-state index is -0.680. The molecule has 1 N–H and O–H groups in total. The third kappa shape index (κ3) is 4.94. The highest BCUT2D eigenvalue weighted by atomic mass is 16.5. The van der Waals surface area contributed by atoms with Crippen molar-refractivity contribution < 1.29 is 9.84 Å². The summed E-state index contributed by atoms with van der Waals surface area (Å²) in [5.74, 6) is 0. The summed E-state index contributed by atoms with van der Waals surface area (Å²) in [6.45, 7) is 12.9. The van der Waals surface area contributed by atoms with Crippen molar-refractivity contribution in [3.63, 3.8) is 0 Å². The van der Waals surface area contributed by atoms with E-state index < -0.39 is 5.60 Å². The zero-order chi connectivity index (χ0) is 11.2. The number of ether oxygens (including phenoxy) is 1. The molecule has 3 heteroatoms. The molecule has 86 valence electrons. The van der Waals surface area contributed by atoms with Crippen molar-refractivity contribution in [2.75, 3.05) is 26.3 Å². The van der Waals surface area contributed by atoms with Crippen molar-refractivity contribution in [2.24, 2.45) is 0 Å². The van der Waals surface area contributed by atoms with Crippen LogP contribution in [0.25, 0.3) is 0 Å². The molecule has 1 saturated heterocycles. The SMILES string of the molecule is CC.CC(C)N1CCOCC(C)(O)C1. The second-order valence-electron chi connectivity index (χ2n) is 4.11. The van der Waals surface area contributed by atoms with Gasteiger partial charge in [-0.25, -0.2) is 0 Å². The van der Waals surface area contributed by atoms with Gasteiger partial charge in [0.1, 0.15) is 0 Å². The first-order valence-corrected chi connectivity index (χ1v) is 5.55. The molecular formula is C11H25NO2. The van der Waals surface area contributed by atoms with Crippen LogP contribution in [0.3, 0.4) is 0 Å². The monoisotopic (exact) mass is 203 g/mol. The molecule has 0 amide bonds. The fourth-order valence-electron chi connectivity index (χ4n) is 1.48. The van der Waals surface area contributed by atoms with Gasteiger partial charge in [-0.05, 0) is 20.8 Å². The number of β-amino-alcohol motifs (C(OH)–C–C–N with tert-alkyl or cyclic N) is 1. The largest absolute Gasteiger partial charge is 0.386 e. The molecule has 0 aromatic carbocycles. The maximum absolute atomic E-state index is 9.81. The number of hydrogen-bond donors (Lipinski definition) is 1. The van der Waals surface area contributed by atoms with Crippen LogP contribution in [0.5, 0.6) is 0 Å². The van der Waals surface area contributed by atoms with E-state index in [9.17, 15) is 5.11 Å². The van der Waals surface area contributed by atoms with Crippen LogP contribution < -0.4 is 0 Å². The number of aliphatic hydroxyl groups is 1. The van der Waals surface area contributed by atoms with E-state index in [2.05, 4.69) is 18.7 Å². The Labute approximate surface area is 88.1 Å². The maximum Gasteiger partial charge on any atom is 0.0978 e. The van der Waals surface area contributed by atoms with Gasteiger partial charge in [-0.2, -0.15) is 0 Å². The van der Waals surface area contributed by atoms with Gasteiger partial charge in [0.25, 0.3) is 0 Å². The molecule has 0 spiro atoms. The van der Waals surface area contributed by atoms with Crippen molar-refractivity contribution >= 4 is 0 Å².